The van der Waals surface area contributed by atoms with Crippen LogP contribution in [-0.4, -0.2) is 35.5 Å². The van der Waals surface area contributed by atoms with E-state index in [9.17, 15) is 4.79 Å². The molecule has 4 heteroatoms. The summed E-state index contributed by atoms with van der Waals surface area (Å²) < 4.78 is 5.35. The van der Waals surface area contributed by atoms with Crippen LogP contribution in [0, 0.1) is 5.92 Å². The van der Waals surface area contributed by atoms with Crippen LogP contribution in [0.15, 0.2) is 18.2 Å². The summed E-state index contributed by atoms with van der Waals surface area (Å²) in [5, 5.41) is 1.16. The number of amides is 1. The lowest BCUT2D eigenvalue weighted by molar-refractivity contribution is -0.132. The molecule has 3 heterocycles. The molecule has 1 aromatic carbocycles. The molecule has 108 valence electrons. The molecule has 5 rings (SSSR count). The molecule has 1 saturated heterocycles. The number of fused-ring (bicyclic) bond motifs is 5. The maximum Gasteiger partial charge on any atom is 0.227 e. The van der Waals surface area contributed by atoms with Gasteiger partial charge >= 0.3 is 0 Å². The van der Waals surface area contributed by atoms with Gasteiger partial charge in [-0.2, -0.15) is 0 Å². The van der Waals surface area contributed by atoms with E-state index in [1.165, 1.54) is 24.1 Å². The Hall–Kier alpha value is -1.97. The maximum atomic E-state index is 12.6. The van der Waals surface area contributed by atoms with Gasteiger partial charge in [-0.05, 0) is 42.5 Å². The highest BCUT2D eigenvalue weighted by molar-refractivity contribution is 5.92. The van der Waals surface area contributed by atoms with Gasteiger partial charge in [-0.15, -0.1) is 0 Å². The number of carbonyl (C=O) groups excluding carboxylic acids is 1. The summed E-state index contributed by atoms with van der Waals surface area (Å²) in [5.41, 5.74) is 3.64. The first-order valence-electron chi connectivity index (χ1n) is 7.72. The van der Waals surface area contributed by atoms with Crippen molar-refractivity contribution in [1.29, 1.82) is 0 Å². The number of rotatable bonds is 1. The van der Waals surface area contributed by atoms with Crippen molar-refractivity contribution >= 4 is 16.8 Å². The third kappa shape index (κ3) is 1.42. The molecule has 2 bridgehead atoms. The Morgan fingerprint density at radius 1 is 1.33 bits per heavy atom. The van der Waals surface area contributed by atoms with Crippen LogP contribution in [0.3, 0.4) is 0 Å². The van der Waals surface area contributed by atoms with E-state index in [1.54, 1.807) is 7.11 Å². The van der Waals surface area contributed by atoms with Gasteiger partial charge in [0.2, 0.25) is 5.91 Å². The number of carbonyl (C=O) groups is 1. The van der Waals surface area contributed by atoms with E-state index in [1.807, 2.05) is 6.07 Å². The van der Waals surface area contributed by atoms with E-state index in [4.69, 9.17) is 4.74 Å². The number of nitrogens with zero attached hydrogens (tertiary/aromatic N) is 1. The molecule has 1 amide bonds. The normalized spacial score (nSPS) is 29.9. The molecule has 1 N–H and O–H groups in total. The number of aromatic nitrogens is 1. The molecule has 3 atom stereocenters. The molecule has 3 aliphatic rings. The molecule has 1 aliphatic carbocycles. The van der Waals surface area contributed by atoms with Crippen LogP contribution in [0.2, 0.25) is 0 Å². The molecule has 4 nitrogen and oxygen atoms in total. The van der Waals surface area contributed by atoms with E-state index >= 15 is 0 Å². The molecule has 2 aliphatic heterocycles. The Labute approximate surface area is 123 Å². The van der Waals surface area contributed by atoms with E-state index in [2.05, 4.69) is 22.0 Å². The van der Waals surface area contributed by atoms with Crippen molar-refractivity contribution in [3.8, 4) is 5.75 Å². The van der Waals surface area contributed by atoms with Crippen molar-refractivity contribution in [2.45, 2.75) is 31.2 Å². The second-order valence-electron chi connectivity index (χ2n) is 6.66. The molecular weight excluding hydrogens is 264 g/mol. The Balaban J connectivity index is 1.75. The van der Waals surface area contributed by atoms with Gasteiger partial charge in [-0.25, -0.2) is 0 Å². The van der Waals surface area contributed by atoms with Gasteiger partial charge < -0.3 is 14.6 Å². The highest BCUT2D eigenvalue weighted by atomic mass is 16.5. The zero-order valence-electron chi connectivity index (χ0n) is 12.1. The topological polar surface area (TPSA) is 45.3 Å². The number of hydrogen-bond acceptors (Lipinski definition) is 2. The third-order valence-electron chi connectivity index (χ3n) is 5.65. The van der Waals surface area contributed by atoms with Crippen molar-refractivity contribution in [3.63, 3.8) is 0 Å². The summed E-state index contributed by atoms with van der Waals surface area (Å²) in [4.78, 5) is 18.3. The zero-order valence-corrected chi connectivity index (χ0v) is 12.1. The van der Waals surface area contributed by atoms with Crippen LogP contribution in [0.25, 0.3) is 10.9 Å². The summed E-state index contributed by atoms with van der Waals surface area (Å²) in [6.45, 7) is 0.978. The predicted molar refractivity (Wildman–Crippen MR) is 79.5 cm³/mol. The van der Waals surface area contributed by atoms with Gasteiger partial charge in [-0.1, -0.05) is 0 Å². The average molecular weight is 282 g/mol. The molecule has 0 spiro atoms. The van der Waals surface area contributed by atoms with E-state index in [0.717, 1.165) is 23.2 Å². The van der Waals surface area contributed by atoms with Gasteiger partial charge in [-0.3, -0.25) is 4.79 Å². The first kappa shape index (κ1) is 11.7. The number of hydrogen-bond donors (Lipinski definition) is 1. The van der Waals surface area contributed by atoms with Crippen LogP contribution >= 0.6 is 0 Å². The number of piperidine rings is 1. The summed E-state index contributed by atoms with van der Waals surface area (Å²) in [7, 11) is 1.69. The molecule has 1 saturated carbocycles. The van der Waals surface area contributed by atoms with Crippen molar-refractivity contribution < 1.29 is 9.53 Å². The number of aromatic amines is 1. The monoisotopic (exact) mass is 282 g/mol. The smallest absolute Gasteiger partial charge is 0.227 e. The lowest BCUT2D eigenvalue weighted by Crippen LogP contribution is -2.40. The Kier molecular flexibility index (Phi) is 2.12. The quantitative estimate of drug-likeness (QED) is 0.873. The summed E-state index contributed by atoms with van der Waals surface area (Å²) >= 11 is 0. The Morgan fingerprint density at radius 3 is 3.05 bits per heavy atom. The molecular formula is C17H18N2O2. The van der Waals surface area contributed by atoms with Gasteiger partial charge in [0.1, 0.15) is 5.75 Å². The fourth-order valence-corrected chi connectivity index (χ4v) is 4.76. The summed E-state index contributed by atoms with van der Waals surface area (Å²) in [5.74, 6) is 2.36. The highest BCUT2D eigenvalue weighted by Gasteiger charge is 2.50. The summed E-state index contributed by atoms with van der Waals surface area (Å²) in [6, 6.07) is 6.54. The number of H-pyrrole nitrogens is 1. The fourth-order valence-electron chi connectivity index (χ4n) is 4.76. The Bertz CT molecular complexity index is 763. The molecule has 2 aromatic rings. The number of benzene rings is 1. The zero-order chi connectivity index (χ0) is 14.1. The van der Waals surface area contributed by atoms with Gasteiger partial charge in [0, 0.05) is 35.1 Å². The van der Waals surface area contributed by atoms with Crippen LogP contribution < -0.4 is 4.74 Å². The van der Waals surface area contributed by atoms with E-state index in [-0.39, 0.29) is 0 Å². The minimum absolute atomic E-state index is 0.301. The Morgan fingerprint density at radius 2 is 2.24 bits per heavy atom. The molecule has 1 aromatic heterocycles. The van der Waals surface area contributed by atoms with Crippen LogP contribution in [-0.2, 0) is 11.2 Å². The fraction of sp³-hybridized carbons (Fsp3) is 0.471. The highest BCUT2D eigenvalue weighted by Crippen LogP contribution is 2.50. The minimum Gasteiger partial charge on any atom is -0.497 e. The van der Waals surface area contributed by atoms with Gasteiger partial charge in [0.25, 0.3) is 0 Å². The SMILES string of the molecule is COc1ccc2[nH]c3c(c2c1)CC(=O)N1C[C@@H]2C[C@H]3[C@H]1C2. The summed E-state index contributed by atoms with van der Waals surface area (Å²) in [6.07, 6.45) is 2.95. The number of methoxy groups -OCH3 is 1. The lowest BCUT2D eigenvalue weighted by Gasteiger charge is -2.30. The van der Waals surface area contributed by atoms with Gasteiger partial charge in [0.05, 0.1) is 13.5 Å². The largest absolute Gasteiger partial charge is 0.497 e. The lowest BCUT2D eigenvalue weighted by atomic mass is 9.93. The first-order chi connectivity index (χ1) is 10.2. The van der Waals surface area contributed by atoms with Crippen molar-refractivity contribution in [2.75, 3.05) is 13.7 Å². The molecule has 0 radical (unpaired) electrons. The van der Waals surface area contributed by atoms with Crippen LogP contribution in [0.1, 0.15) is 30.0 Å². The van der Waals surface area contributed by atoms with Crippen molar-refractivity contribution in [1.82, 2.24) is 9.88 Å². The second-order valence-corrected chi connectivity index (χ2v) is 6.66. The number of ether oxygens (including phenoxy) is 1. The van der Waals surface area contributed by atoms with Crippen molar-refractivity contribution in [2.24, 2.45) is 5.92 Å². The third-order valence-corrected chi connectivity index (χ3v) is 5.65. The van der Waals surface area contributed by atoms with E-state index in [0.29, 0.717) is 30.2 Å². The standard InChI is InChI=1S/C17H18N2O2/c1-21-10-2-3-14-11(6-10)12-7-16(20)19-8-9-4-13(15(19)5-9)17(12)18-14/h2-3,6,9,13,15,18H,4-5,7-8H2,1H3/t9-,13+,15-/m1/s1. The molecule has 0 unspecified atom stereocenters. The molecule has 21 heavy (non-hydrogen) atoms. The van der Waals surface area contributed by atoms with Crippen LogP contribution in [0.4, 0.5) is 0 Å². The number of nitrogens with one attached hydrogen (secondary N) is 1. The second kappa shape index (κ2) is 3.81. The minimum atomic E-state index is 0.301. The van der Waals surface area contributed by atoms with Crippen LogP contribution in [0.5, 0.6) is 5.75 Å². The van der Waals surface area contributed by atoms with Crippen molar-refractivity contribution in [3.05, 3.63) is 29.5 Å². The average Bonchev–Trinajstić information content (AvgIpc) is 3.17. The maximum absolute atomic E-state index is 12.6. The molecule has 2 fully saturated rings. The predicted octanol–water partition coefficient (Wildman–Crippen LogP) is 2.44. The van der Waals surface area contributed by atoms with E-state index < -0.39 is 0 Å². The first-order valence-corrected chi connectivity index (χ1v) is 7.72. The van der Waals surface area contributed by atoms with Gasteiger partial charge in [0.15, 0.2) is 0 Å².